The summed E-state index contributed by atoms with van der Waals surface area (Å²) in [5.74, 6) is 0. The summed E-state index contributed by atoms with van der Waals surface area (Å²) in [7, 11) is 0. The van der Waals surface area contributed by atoms with Gasteiger partial charge in [-0.05, 0) is 25.1 Å². The third-order valence-electron chi connectivity index (χ3n) is 2.41. The topological polar surface area (TPSA) is 73.9 Å². The number of benzene rings is 1. The van der Waals surface area contributed by atoms with E-state index >= 15 is 0 Å². The number of hydrogen-bond donors (Lipinski definition) is 3. The number of thiocarbonyl (C=S) groups is 1. The van der Waals surface area contributed by atoms with E-state index in [1.165, 1.54) is 6.92 Å². The maximum absolute atomic E-state index is 12.6. The largest absolute Gasteiger partial charge is 0.416 e. The second-order valence-electron chi connectivity index (χ2n) is 3.92. The van der Waals surface area contributed by atoms with Crippen LogP contribution in [0.15, 0.2) is 29.5 Å². The van der Waals surface area contributed by atoms with E-state index in [1.54, 1.807) is 6.07 Å². The highest BCUT2D eigenvalue weighted by Crippen LogP contribution is 2.33. The number of hydrogen-bond acceptors (Lipinski definition) is 4. The van der Waals surface area contributed by atoms with Crippen molar-refractivity contribution in [3.63, 3.8) is 0 Å². The molecule has 0 bridgehead atoms. The molecule has 0 aliphatic carbocycles. The number of allylic oxidation sites excluding steroid dienone is 1. The van der Waals surface area contributed by atoms with Crippen LogP contribution in [0.4, 0.5) is 18.9 Å². The molecule has 0 aromatic heterocycles. The Labute approximate surface area is 129 Å². The minimum atomic E-state index is -4.48. The summed E-state index contributed by atoms with van der Waals surface area (Å²) in [6.45, 7) is 1.49. The van der Waals surface area contributed by atoms with Crippen LogP contribution < -0.4 is 16.6 Å². The van der Waals surface area contributed by atoms with Crippen LogP contribution in [0.25, 0.3) is 0 Å². The average molecular weight is 335 g/mol. The van der Waals surface area contributed by atoms with Gasteiger partial charge >= 0.3 is 6.18 Å². The Balaban J connectivity index is 3.00. The molecule has 0 saturated heterocycles. The Morgan fingerprint density at radius 2 is 2.05 bits per heavy atom. The van der Waals surface area contributed by atoms with Crippen molar-refractivity contribution in [2.45, 2.75) is 13.1 Å². The average Bonchev–Trinajstić information content (AvgIpc) is 2.36. The van der Waals surface area contributed by atoms with E-state index in [0.29, 0.717) is 0 Å². The van der Waals surface area contributed by atoms with E-state index in [9.17, 15) is 13.2 Å². The van der Waals surface area contributed by atoms with Gasteiger partial charge in [0.2, 0.25) is 0 Å². The van der Waals surface area contributed by atoms with Crippen LogP contribution in [0, 0.1) is 11.3 Å². The lowest BCUT2D eigenvalue weighted by Crippen LogP contribution is -2.24. The van der Waals surface area contributed by atoms with Crippen molar-refractivity contribution in [3.8, 4) is 6.07 Å². The first-order valence-corrected chi connectivity index (χ1v) is 6.25. The quantitative estimate of drug-likeness (QED) is 0.341. The highest BCUT2D eigenvalue weighted by Gasteiger charge is 2.30. The molecule has 0 aliphatic rings. The predicted octanol–water partition coefficient (Wildman–Crippen LogP) is 3.36. The zero-order valence-corrected chi connectivity index (χ0v) is 12.2. The maximum atomic E-state index is 12.6. The molecule has 0 fully saturated rings. The van der Waals surface area contributed by atoms with Gasteiger partial charge in [0, 0.05) is 5.70 Å². The van der Waals surface area contributed by atoms with Crippen molar-refractivity contribution < 1.29 is 13.2 Å². The zero-order valence-electron chi connectivity index (χ0n) is 10.7. The molecule has 0 aliphatic heterocycles. The fourth-order valence-electron chi connectivity index (χ4n) is 1.34. The first-order valence-electron chi connectivity index (χ1n) is 5.46. The number of rotatable bonds is 4. The van der Waals surface area contributed by atoms with E-state index < -0.39 is 11.7 Å². The molecule has 0 radical (unpaired) electrons. The van der Waals surface area contributed by atoms with Gasteiger partial charge in [0.25, 0.3) is 0 Å². The van der Waals surface area contributed by atoms with Crippen molar-refractivity contribution in [3.05, 3.63) is 40.1 Å². The van der Waals surface area contributed by atoms with Gasteiger partial charge in [-0.15, -0.1) is 0 Å². The third-order valence-corrected chi connectivity index (χ3v) is 2.95. The first-order chi connectivity index (χ1) is 9.66. The lowest BCUT2D eigenvalue weighted by molar-refractivity contribution is -0.137. The Kier molecular flexibility index (Phi) is 5.41. The molecule has 1 rings (SSSR count). The summed E-state index contributed by atoms with van der Waals surface area (Å²) in [4.78, 5) is -0.126. The zero-order chi connectivity index (χ0) is 16.2. The molecule has 0 atom stereocenters. The number of nitrogens with zero attached hydrogens (tertiary/aromatic N) is 1. The van der Waals surface area contributed by atoms with Gasteiger partial charge in [-0.25, -0.2) is 0 Å². The van der Waals surface area contributed by atoms with Crippen LogP contribution in [-0.2, 0) is 6.18 Å². The molecule has 4 nitrogen and oxygen atoms in total. The number of nitrogens with one attached hydrogen (secondary N) is 2. The van der Waals surface area contributed by atoms with Crippen LogP contribution >= 0.6 is 23.8 Å². The van der Waals surface area contributed by atoms with Gasteiger partial charge in [0.15, 0.2) is 0 Å². The molecule has 1 aromatic rings. The monoisotopic (exact) mass is 334 g/mol. The normalized spacial score (nSPS) is 12.2. The molecule has 0 unspecified atom stereocenters. The molecule has 9 heteroatoms. The van der Waals surface area contributed by atoms with E-state index in [0.717, 1.165) is 18.2 Å². The van der Waals surface area contributed by atoms with E-state index in [1.807, 2.05) is 0 Å². The molecule has 112 valence electrons. The number of halogens is 4. The van der Waals surface area contributed by atoms with Crippen molar-refractivity contribution >= 4 is 34.5 Å². The Morgan fingerprint density at radius 3 is 2.52 bits per heavy atom. The van der Waals surface area contributed by atoms with E-state index in [4.69, 9.17) is 22.6 Å². The number of hydrazine groups is 1. The molecule has 0 saturated carbocycles. The minimum absolute atomic E-state index is 0.00562. The standard InChI is InChI=1S/C12H10ClF3N4S/c1-6(8(5-17)11(18)21)19-20-10-4-7(12(14,15)16)2-3-9(10)13/h2-4,19-20H,1H3,(H2,18,21). The summed E-state index contributed by atoms with van der Waals surface area (Å²) in [5.41, 5.74) is 9.79. The summed E-state index contributed by atoms with van der Waals surface area (Å²) in [6.07, 6.45) is -4.48. The van der Waals surface area contributed by atoms with Gasteiger partial charge < -0.3 is 11.2 Å². The second kappa shape index (κ2) is 6.65. The number of nitriles is 1. The first kappa shape index (κ1) is 17.1. The van der Waals surface area contributed by atoms with Crippen LogP contribution in [-0.4, -0.2) is 4.99 Å². The number of nitrogens with two attached hydrogens (primary N) is 1. The fraction of sp³-hybridized carbons (Fsp3) is 0.167. The number of anilines is 1. The van der Waals surface area contributed by atoms with E-state index in [-0.39, 0.29) is 27.0 Å². The molecule has 0 amide bonds. The van der Waals surface area contributed by atoms with Crippen LogP contribution in [0.5, 0.6) is 0 Å². The lowest BCUT2D eigenvalue weighted by atomic mass is 10.2. The van der Waals surface area contributed by atoms with Gasteiger partial charge in [-0.2, -0.15) is 18.4 Å². The molecule has 21 heavy (non-hydrogen) atoms. The highest BCUT2D eigenvalue weighted by molar-refractivity contribution is 7.80. The molecule has 4 N–H and O–H groups in total. The highest BCUT2D eigenvalue weighted by atomic mass is 35.5. The van der Waals surface area contributed by atoms with Crippen molar-refractivity contribution in [1.29, 1.82) is 5.26 Å². The minimum Gasteiger partial charge on any atom is -0.389 e. The number of alkyl halides is 3. The Bertz CT molecular complexity index is 634. The van der Waals surface area contributed by atoms with Crippen LogP contribution in [0.1, 0.15) is 12.5 Å². The molecular formula is C12H10ClF3N4S. The van der Waals surface area contributed by atoms with Crippen molar-refractivity contribution in [2.75, 3.05) is 5.43 Å². The van der Waals surface area contributed by atoms with Gasteiger partial charge in [0.1, 0.15) is 16.6 Å². The summed E-state index contributed by atoms with van der Waals surface area (Å²) < 4.78 is 37.8. The summed E-state index contributed by atoms with van der Waals surface area (Å²) >= 11 is 10.5. The molecule has 1 aromatic carbocycles. The van der Waals surface area contributed by atoms with Crippen LogP contribution in [0.2, 0.25) is 5.02 Å². The lowest BCUT2D eigenvalue weighted by Gasteiger charge is -2.14. The summed E-state index contributed by atoms with van der Waals surface area (Å²) in [5, 5.41) is 8.93. The Hall–Kier alpha value is -1.98. The SMILES string of the molecule is CC(NNc1cc(C(F)(F)F)ccc1Cl)=C(C#N)C(N)=S. The maximum Gasteiger partial charge on any atom is 0.416 e. The third kappa shape index (κ3) is 4.51. The smallest absolute Gasteiger partial charge is 0.389 e. The second-order valence-corrected chi connectivity index (χ2v) is 4.77. The predicted molar refractivity (Wildman–Crippen MR) is 78.3 cm³/mol. The summed E-state index contributed by atoms with van der Waals surface area (Å²) in [6, 6.07) is 4.61. The van der Waals surface area contributed by atoms with Crippen molar-refractivity contribution in [1.82, 2.24) is 5.43 Å². The molecule has 0 spiro atoms. The fourth-order valence-corrected chi connectivity index (χ4v) is 1.71. The van der Waals surface area contributed by atoms with E-state index in [2.05, 4.69) is 23.1 Å². The van der Waals surface area contributed by atoms with Crippen molar-refractivity contribution in [2.24, 2.45) is 5.73 Å². The molecule has 0 heterocycles. The molecular weight excluding hydrogens is 325 g/mol. The Morgan fingerprint density at radius 1 is 1.43 bits per heavy atom. The van der Waals surface area contributed by atoms with Crippen LogP contribution in [0.3, 0.4) is 0 Å². The van der Waals surface area contributed by atoms with Gasteiger partial charge in [-0.3, -0.25) is 5.43 Å². The van der Waals surface area contributed by atoms with Gasteiger partial charge in [0.05, 0.1) is 16.3 Å². The van der Waals surface area contributed by atoms with Gasteiger partial charge in [-0.1, -0.05) is 23.8 Å².